The Morgan fingerprint density at radius 1 is 0.602 bits per heavy atom. The minimum Gasteiger partial charge on any atom is -0.494 e. The third kappa shape index (κ3) is 36.8. The molecule has 3 aromatic heterocycles. The van der Waals surface area contributed by atoms with Gasteiger partial charge in [-0.2, -0.15) is 5.21 Å². The summed E-state index contributed by atoms with van der Waals surface area (Å²) in [6, 6.07) is 10.9. The number of rotatable bonds is 63. The lowest BCUT2D eigenvalue weighted by Crippen LogP contribution is -2.67. The Morgan fingerprint density at radius 3 is 1.83 bits per heavy atom. The van der Waals surface area contributed by atoms with Gasteiger partial charge in [0.05, 0.1) is 124 Å². The van der Waals surface area contributed by atoms with Crippen LogP contribution < -0.4 is 63.6 Å². The minimum atomic E-state index is -2.42. The molecule has 7 rings (SSSR count). The van der Waals surface area contributed by atoms with E-state index in [1.54, 1.807) is 42.3 Å². The molecule has 0 aliphatic rings. The van der Waals surface area contributed by atoms with Gasteiger partial charge in [0.15, 0.2) is 5.82 Å². The number of amides is 11. The highest BCUT2D eigenvalue weighted by molar-refractivity contribution is 6.06. The van der Waals surface area contributed by atoms with Gasteiger partial charge in [0, 0.05) is 57.8 Å². The number of halogens is 1. The SMILES string of the molecule is CCc1cc(OCCCCn2cc(COCCOCCOCCOCCOCCOC)nn2)ccc1-c1ccc(C[C@H](NC(=O)[C@H](CC(=O)O)NC(=O)[C@H](CO)NC(=O)[C@@H](NC(=O)C(C)(Cc2ccccc2F)NC(=O)[C@@H](NC(=O)CNC(=O)[C@H](Cc2nn[nH]n2)NC(=O)C(C)(C)C(=O)NCCc2cnc[nH]2)[C@@H](C)O)[C@@H](C)O)C(=O)N[C@@H](CCCc2cc(C)cc(C)c2)C(N)=O)cc1. The zero-order valence-corrected chi connectivity index (χ0v) is 76.2. The van der Waals surface area contributed by atoms with Crippen molar-refractivity contribution in [1.82, 2.24) is 98.8 Å². The molecule has 10 atom stereocenters. The quantitative estimate of drug-likeness (QED) is 0.0163. The Kier molecular flexibility index (Phi) is 44.9. The number of aliphatic hydroxyl groups excluding tert-OH is 3. The predicted octanol–water partition coefficient (Wildman–Crippen LogP) is -0.877. The van der Waals surface area contributed by atoms with Gasteiger partial charge in [-0.05, 0) is 139 Å². The summed E-state index contributed by atoms with van der Waals surface area (Å²) < 4.78 is 56.1. The van der Waals surface area contributed by atoms with Crippen molar-refractivity contribution in [2.24, 2.45) is 11.1 Å². The topological polar surface area (TPSA) is 611 Å². The number of carboxylic acids is 1. The maximum atomic E-state index is 15.6. The molecule has 0 aliphatic heterocycles. The molecule has 4 aromatic carbocycles. The highest BCUT2D eigenvalue weighted by Crippen LogP contribution is 2.30. The third-order valence-corrected chi connectivity index (χ3v) is 21.1. The van der Waals surface area contributed by atoms with E-state index in [0.717, 1.165) is 66.6 Å². The smallest absolute Gasteiger partial charge is 0.305 e. The van der Waals surface area contributed by atoms with Crippen molar-refractivity contribution in [3.05, 3.63) is 160 Å². The van der Waals surface area contributed by atoms with Crippen LogP contribution in [0.2, 0.25) is 0 Å². The van der Waals surface area contributed by atoms with Gasteiger partial charge < -0.3 is 117 Å². The molecule has 133 heavy (non-hydrogen) atoms. The van der Waals surface area contributed by atoms with Crippen LogP contribution in [-0.2, 0) is 138 Å². The standard InChI is InChI=1S/C89H125FN20O23/c1-10-60-44-65(133-29-14-13-28-110-50-64(104-109-110)52-132-39-38-131-37-36-130-35-34-129-33-32-128-31-30-127-9)24-25-66(60)61-22-20-58(21-23-61)43-69(80(119)96-68(78(91)117)19-15-16-59-41-54(2)40-55(3)42-59)97-81(120)71(46-75(115)116)98-82(121)72(51-111)99-83(122)76(56(4)112)102-87(126)89(8,47-62-17-11-12-18-67(62)90)103-84(123)77(57(5)113)101-74(114)49-94-79(118)70(45-73-105-107-108-106-73)100-86(125)88(6,7)85(124)93-27-26-63-48-92-53-95-63/h11-12,17-18,20-25,40-42,44,48,50,53,56-57,68-72,76-77,111-113H,10,13-16,19,26-39,43,45-47,49,51-52H2,1-9H3,(H2,91,117)(H,92,95)(H,93,124)(H,94,118)(H,96,119)(H,97,120)(H,98,121)(H,99,122)(H,100,125)(H,101,114)(H,102,126)(H,103,123)(H,115,116)(H,105,106,107,108)/t56-,57-,68+,69+,70+,71+,72+,76+,77+,89?/m1/s1. The maximum absolute atomic E-state index is 15.6. The lowest BCUT2D eigenvalue weighted by Gasteiger charge is -2.34. The highest BCUT2D eigenvalue weighted by atomic mass is 19.1. The fraction of sp³-hybridized carbons (Fsp3) is 0.528. The number of hydrogen-bond donors (Lipinski definition) is 17. The molecule has 43 nitrogen and oxygen atoms in total. The van der Waals surface area contributed by atoms with Crippen molar-refractivity contribution in [3.8, 4) is 16.9 Å². The van der Waals surface area contributed by atoms with Crippen LogP contribution >= 0.6 is 0 Å². The number of unbranched alkanes of at least 4 members (excludes halogenated alkanes) is 1. The number of benzene rings is 4. The molecule has 0 saturated carbocycles. The van der Waals surface area contributed by atoms with Crippen LogP contribution in [0, 0.1) is 25.1 Å². The third-order valence-electron chi connectivity index (χ3n) is 21.1. The fourth-order valence-corrected chi connectivity index (χ4v) is 13.7. The molecule has 0 aliphatic carbocycles. The molecule has 0 fully saturated rings. The summed E-state index contributed by atoms with van der Waals surface area (Å²) in [5.41, 5.74) is 8.92. The summed E-state index contributed by atoms with van der Waals surface area (Å²) in [5, 5.41) is 88.7. The van der Waals surface area contributed by atoms with E-state index >= 15 is 4.39 Å². The zero-order valence-electron chi connectivity index (χ0n) is 76.2. The molecular weight excluding hydrogens is 1740 g/mol. The van der Waals surface area contributed by atoms with Crippen LogP contribution in [-0.4, -0.2) is 296 Å². The van der Waals surface area contributed by atoms with Crippen LogP contribution in [0.1, 0.15) is 124 Å². The first kappa shape index (κ1) is 107. The molecule has 0 bridgehead atoms. The van der Waals surface area contributed by atoms with Crippen molar-refractivity contribution < 1.29 is 116 Å². The van der Waals surface area contributed by atoms with Crippen LogP contribution in [0.15, 0.2) is 104 Å². The van der Waals surface area contributed by atoms with E-state index in [1.165, 1.54) is 38.4 Å². The predicted molar refractivity (Wildman–Crippen MR) is 475 cm³/mol. The normalized spacial score (nSPS) is 13.9. The number of nitrogens with zero attached hydrogens (tertiary/aromatic N) is 7. The molecule has 3 heterocycles. The number of tetrazole rings is 1. The van der Waals surface area contributed by atoms with E-state index in [2.05, 4.69) is 94.1 Å². The van der Waals surface area contributed by atoms with Gasteiger partial charge in [0.2, 0.25) is 65.0 Å². The summed E-state index contributed by atoms with van der Waals surface area (Å²) in [6.45, 7) is 15.4. The Hall–Kier alpha value is -12.7. The summed E-state index contributed by atoms with van der Waals surface area (Å²) >= 11 is 0. The van der Waals surface area contributed by atoms with E-state index in [1.807, 2.05) is 63.4 Å². The second kappa shape index (κ2) is 55.6. The Bertz CT molecular complexity index is 4870. The minimum absolute atomic E-state index is 0.0605. The van der Waals surface area contributed by atoms with E-state index in [-0.39, 0.29) is 37.4 Å². The molecule has 0 spiro atoms. The highest BCUT2D eigenvalue weighted by Gasteiger charge is 2.44. The first-order chi connectivity index (χ1) is 63.6. The van der Waals surface area contributed by atoms with Gasteiger partial charge in [-0.3, -0.25) is 62.2 Å². The number of nitrogens with one attached hydrogen (secondary N) is 12. The van der Waals surface area contributed by atoms with Crippen molar-refractivity contribution in [1.29, 1.82) is 0 Å². The fourth-order valence-electron chi connectivity index (χ4n) is 13.7. The number of aliphatic carboxylic acids is 1. The van der Waals surface area contributed by atoms with Crippen molar-refractivity contribution in [2.75, 3.05) is 99.5 Å². The summed E-state index contributed by atoms with van der Waals surface area (Å²) in [6.07, 6.45) is 1.88. The number of carboxylic acid groups (broad SMARTS) is 1. The summed E-state index contributed by atoms with van der Waals surface area (Å²) in [7, 11) is 1.62. The number of carbonyl (C=O) groups excluding carboxylic acids is 11. The van der Waals surface area contributed by atoms with Crippen molar-refractivity contribution in [3.63, 3.8) is 0 Å². The van der Waals surface area contributed by atoms with Gasteiger partial charge in [0.25, 0.3) is 0 Å². The first-order valence-corrected chi connectivity index (χ1v) is 43.7. The largest absolute Gasteiger partial charge is 0.494 e. The molecule has 1 unspecified atom stereocenters. The number of nitrogens with two attached hydrogens (primary N) is 1. The van der Waals surface area contributed by atoms with E-state index in [4.69, 9.17) is 38.9 Å². The number of carbonyl (C=O) groups is 12. The van der Waals surface area contributed by atoms with Crippen LogP contribution in [0.25, 0.3) is 11.1 Å². The van der Waals surface area contributed by atoms with Gasteiger partial charge in [-0.1, -0.05) is 95.2 Å². The second-order valence-electron chi connectivity index (χ2n) is 32.5. The van der Waals surface area contributed by atoms with Crippen molar-refractivity contribution in [2.45, 2.75) is 199 Å². The zero-order chi connectivity index (χ0) is 97.0. The van der Waals surface area contributed by atoms with Crippen LogP contribution in [0.4, 0.5) is 4.39 Å². The molecule has 44 heteroatoms. The summed E-state index contributed by atoms with van der Waals surface area (Å²) in [5.74, 6) is -14.3. The van der Waals surface area contributed by atoms with E-state index < -0.39 is 175 Å². The number of aromatic amines is 2. The van der Waals surface area contributed by atoms with Gasteiger partial charge in [-0.25, -0.2) is 9.37 Å². The molecule has 726 valence electrons. The van der Waals surface area contributed by atoms with Gasteiger partial charge in [0.1, 0.15) is 70.5 Å². The number of aromatic nitrogens is 9. The first-order valence-electron chi connectivity index (χ1n) is 43.7. The number of ether oxygens (including phenoxy) is 7. The monoisotopic (exact) mass is 1860 g/mol. The number of aryl methyl sites for hydroxylation is 5. The lowest BCUT2D eigenvalue weighted by molar-refractivity contribution is -0.143. The maximum Gasteiger partial charge on any atom is 0.305 e. The number of hydrogen-bond acceptors (Lipinski definition) is 28. The molecule has 7 aromatic rings. The number of primary amides is 1. The lowest BCUT2D eigenvalue weighted by atomic mass is 9.90. The number of imidazole rings is 1. The van der Waals surface area contributed by atoms with Crippen LogP contribution in [0.5, 0.6) is 5.75 Å². The van der Waals surface area contributed by atoms with Crippen molar-refractivity contribution >= 4 is 70.9 Å². The van der Waals surface area contributed by atoms with Gasteiger partial charge in [-0.15, -0.1) is 15.3 Å². The molecule has 18 N–H and O–H groups in total. The average molecular weight is 1860 g/mol. The van der Waals surface area contributed by atoms with Crippen LogP contribution in [0.3, 0.4) is 0 Å². The molecule has 0 radical (unpaired) electrons. The number of H-pyrrole nitrogens is 2. The molecule has 0 saturated heterocycles. The Morgan fingerprint density at radius 2 is 1.22 bits per heavy atom. The average Bonchev–Trinajstić information content (AvgIpc) is 1.36. The van der Waals surface area contributed by atoms with E-state index in [9.17, 15) is 78.0 Å². The number of aliphatic hydroxyl groups is 3. The Balaban J connectivity index is 0.979. The summed E-state index contributed by atoms with van der Waals surface area (Å²) in [4.78, 5) is 174. The number of methoxy groups -OCH3 is 1. The molecule has 11 amide bonds. The second-order valence-corrected chi connectivity index (χ2v) is 32.5. The Labute approximate surface area is 768 Å². The van der Waals surface area contributed by atoms with E-state index in [0.29, 0.717) is 134 Å². The van der Waals surface area contributed by atoms with Gasteiger partial charge >= 0.3 is 5.97 Å². The molecular formula is C89H125FN20O23.